The number of hydrazone groups is 1. The molecule has 0 aliphatic carbocycles. The van der Waals surface area contributed by atoms with E-state index < -0.39 is 0 Å². The lowest BCUT2D eigenvalue weighted by atomic mass is 10.2. The van der Waals surface area contributed by atoms with E-state index in [1.807, 2.05) is 54.6 Å². The molecule has 1 aromatic heterocycles. The number of hydrogen-bond acceptors (Lipinski definition) is 5. The zero-order valence-electron chi connectivity index (χ0n) is 17.7. The van der Waals surface area contributed by atoms with Gasteiger partial charge in [0.15, 0.2) is 11.5 Å². The number of nitrogens with zero attached hydrogens (tertiary/aromatic N) is 3. The molecule has 0 saturated heterocycles. The van der Waals surface area contributed by atoms with Gasteiger partial charge in [-0.3, -0.25) is 0 Å². The molecule has 8 heteroatoms. The van der Waals surface area contributed by atoms with E-state index in [4.69, 9.17) is 21.1 Å². The van der Waals surface area contributed by atoms with E-state index in [1.54, 1.807) is 13.3 Å². The molecule has 0 aliphatic rings. The fourth-order valence-electron chi connectivity index (χ4n) is 3.34. The van der Waals surface area contributed by atoms with Gasteiger partial charge in [0.1, 0.15) is 6.61 Å². The molecule has 0 atom stereocenters. The zero-order valence-corrected chi connectivity index (χ0v) is 20.6. The van der Waals surface area contributed by atoms with Gasteiger partial charge in [-0.2, -0.15) is 5.10 Å². The molecule has 0 fully saturated rings. The Morgan fingerprint density at radius 2 is 1.94 bits per heavy atom. The van der Waals surface area contributed by atoms with Gasteiger partial charge in [-0.25, -0.2) is 10.4 Å². The maximum absolute atomic E-state index is 6.03. The maximum atomic E-state index is 6.03. The summed E-state index contributed by atoms with van der Waals surface area (Å²) in [6.07, 6.45) is 1.74. The minimum Gasteiger partial charge on any atom is -0.493 e. The Hall–Kier alpha value is -2.78. The average molecular weight is 561 g/mol. The molecule has 0 radical (unpaired) electrons. The average Bonchev–Trinajstić information content (AvgIpc) is 3.16. The van der Waals surface area contributed by atoms with Gasteiger partial charge in [0.2, 0.25) is 5.95 Å². The standard InChI is InChI=1S/C24H22ClIN4O2/c1-3-30-21-7-5-4-6-20(21)28-24(30)29-27-14-17-12-19(26)23(22(13-17)31-2)32-15-16-8-10-18(25)11-9-16/h4-14H,3,15H2,1-2H3,(H,28,29)/b27-14-. The first-order valence-corrected chi connectivity index (χ1v) is 11.5. The third-order valence-electron chi connectivity index (χ3n) is 4.90. The molecule has 1 N–H and O–H groups in total. The van der Waals surface area contributed by atoms with Crippen molar-refractivity contribution in [1.82, 2.24) is 9.55 Å². The molecule has 4 rings (SSSR count). The van der Waals surface area contributed by atoms with Crippen LogP contribution in [0, 0.1) is 3.57 Å². The second kappa shape index (κ2) is 10.2. The number of aromatic nitrogens is 2. The van der Waals surface area contributed by atoms with Crippen LogP contribution in [0.3, 0.4) is 0 Å². The number of imidazole rings is 1. The second-order valence-corrected chi connectivity index (χ2v) is 8.59. The van der Waals surface area contributed by atoms with E-state index in [0.29, 0.717) is 29.1 Å². The topological polar surface area (TPSA) is 60.7 Å². The van der Waals surface area contributed by atoms with Crippen molar-refractivity contribution in [3.8, 4) is 11.5 Å². The normalized spacial score (nSPS) is 11.2. The van der Waals surface area contributed by atoms with Crippen LogP contribution in [0.15, 0.2) is 65.8 Å². The quantitative estimate of drug-likeness (QED) is 0.155. The Bertz CT molecular complexity index is 1260. The third-order valence-corrected chi connectivity index (χ3v) is 5.95. The van der Waals surface area contributed by atoms with Crippen LogP contribution in [0.4, 0.5) is 5.95 Å². The molecular weight excluding hydrogens is 539 g/mol. The number of ether oxygens (including phenoxy) is 2. The Labute approximate surface area is 205 Å². The lowest BCUT2D eigenvalue weighted by Gasteiger charge is -2.13. The van der Waals surface area contributed by atoms with Gasteiger partial charge in [0.05, 0.1) is 27.9 Å². The van der Waals surface area contributed by atoms with Gasteiger partial charge in [-0.05, 0) is 77.0 Å². The van der Waals surface area contributed by atoms with Crippen LogP contribution in [0.2, 0.25) is 5.02 Å². The van der Waals surface area contributed by atoms with Crippen LogP contribution in [0.5, 0.6) is 11.5 Å². The van der Waals surface area contributed by atoms with Crippen LogP contribution < -0.4 is 14.9 Å². The summed E-state index contributed by atoms with van der Waals surface area (Å²) < 4.78 is 14.6. The van der Waals surface area contributed by atoms with Gasteiger partial charge in [0, 0.05) is 11.6 Å². The number of aryl methyl sites for hydroxylation is 1. The third kappa shape index (κ3) is 4.99. The molecule has 3 aromatic carbocycles. The summed E-state index contributed by atoms with van der Waals surface area (Å²) in [5.41, 5.74) is 6.99. The molecule has 0 amide bonds. The van der Waals surface area contributed by atoms with Crippen molar-refractivity contribution in [2.75, 3.05) is 12.5 Å². The van der Waals surface area contributed by atoms with Crippen LogP contribution in [0.25, 0.3) is 11.0 Å². The first-order valence-electron chi connectivity index (χ1n) is 10.1. The largest absolute Gasteiger partial charge is 0.493 e. The van der Waals surface area contributed by atoms with Crippen molar-refractivity contribution in [3.63, 3.8) is 0 Å². The van der Waals surface area contributed by atoms with Crippen molar-refractivity contribution in [2.24, 2.45) is 5.10 Å². The summed E-state index contributed by atoms with van der Waals surface area (Å²) in [6, 6.07) is 19.5. The molecule has 0 bridgehead atoms. The van der Waals surface area contributed by atoms with E-state index in [0.717, 1.165) is 32.3 Å². The van der Waals surface area contributed by atoms with Gasteiger partial charge in [0.25, 0.3) is 0 Å². The highest BCUT2D eigenvalue weighted by molar-refractivity contribution is 14.1. The zero-order chi connectivity index (χ0) is 22.5. The molecule has 0 spiro atoms. The predicted octanol–water partition coefficient (Wildman–Crippen LogP) is 6.35. The van der Waals surface area contributed by atoms with Crippen LogP contribution in [-0.4, -0.2) is 22.9 Å². The van der Waals surface area contributed by atoms with Crippen molar-refractivity contribution in [3.05, 3.63) is 80.4 Å². The van der Waals surface area contributed by atoms with E-state index in [2.05, 4.69) is 55.7 Å². The fourth-order valence-corrected chi connectivity index (χ4v) is 4.24. The summed E-state index contributed by atoms with van der Waals surface area (Å²) in [5.74, 6) is 2.04. The fraction of sp³-hybridized carbons (Fsp3) is 0.167. The van der Waals surface area contributed by atoms with Crippen molar-refractivity contribution >= 4 is 57.4 Å². The minimum absolute atomic E-state index is 0.422. The molecule has 0 unspecified atom stereocenters. The highest BCUT2D eigenvalue weighted by Crippen LogP contribution is 2.34. The molecule has 1 heterocycles. The highest BCUT2D eigenvalue weighted by atomic mass is 127. The maximum Gasteiger partial charge on any atom is 0.224 e. The number of hydrogen-bond donors (Lipinski definition) is 1. The first-order chi connectivity index (χ1) is 15.6. The summed E-state index contributed by atoms with van der Waals surface area (Å²) in [7, 11) is 1.63. The number of rotatable bonds is 8. The first kappa shape index (κ1) is 22.4. The number of fused-ring (bicyclic) bond motifs is 1. The van der Waals surface area contributed by atoms with Gasteiger partial charge >= 0.3 is 0 Å². The molecule has 4 aromatic rings. The number of nitrogens with one attached hydrogen (secondary N) is 1. The smallest absolute Gasteiger partial charge is 0.224 e. The Morgan fingerprint density at radius 3 is 2.69 bits per heavy atom. The molecule has 32 heavy (non-hydrogen) atoms. The number of methoxy groups -OCH3 is 1. The second-order valence-electron chi connectivity index (χ2n) is 6.99. The van der Waals surface area contributed by atoms with Gasteiger partial charge in [-0.15, -0.1) is 0 Å². The minimum atomic E-state index is 0.422. The molecule has 164 valence electrons. The van der Waals surface area contributed by atoms with Crippen LogP contribution in [0.1, 0.15) is 18.1 Å². The number of anilines is 1. The summed E-state index contributed by atoms with van der Waals surface area (Å²) in [6.45, 7) is 3.30. The van der Waals surface area contributed by atoms with E-state index in [9.17, 15) is 0 Å². The highest BCUT2D eigenvalue weighted by Gasteiger charge is 2.12. The van der Waals surface area contributed by atoms with Gasteiger partial charge in [-0.1, -0.05) is 35.9 Å². The number of benzene rings is 3. The van der Waals surface area contributed by atoms with E-state index in [1.165, 1.54) is 0 Å². The molecule has 0 aliphatic heterocycles. The SMILES string of the molecule is CCn1c(N/N=C\c2cc(I)c(OCc3ccc(Cl)cc3)c(OC)c2)nc2ccccc21. The lowest BCUT2D eigenvalue weighted by molar-refractivity contribution is 0.282. The Morgan fingerprint density at radius 1 is 1.16 bits per heavy atom. The van der Waals surface area contributed by atoms with E-state index in [-0.39, 0.29) is 0 Å². The Balaban J connectivity index is 1.50. The lowest BCUT2D eigenvalue weighted by Crippen LogP contribution is -2.03. The Kier molecular flexibility index (Phi) is 7.16. The summed E-state index contributed by atoms with van der Waals surface area (Å²) in [5, 5.41) is 5.09. The molecular formula is C24H22ClIN4O2. The molecule has 0 saturated carbocycles. The molecule has 6 nitrogen and oxygen atoms in total. The summed E-state index contributed by atoms with van der Waals surface area (Å²) >= 11 is 8.19. The summed E-state index contributed by atoms with van der Waals surface area (Å²) in [4.78, 5) is 4.62. The predicted molar refractivity (Wildman–Crippen MR) is 138 cm³/mol. The van der Waals surface area contributed by atoms with Crippen molar-refractivity contribution in [1.29, 1.82) is 0 Å². The van der Waals surface area contributed by atoms with Crippen LogP contribution >= 0.6 is 34.2 Å². The van der Waals surface area contributed by atoms with Gasteiger partial charge < -0.3 is 14.0 Å². The number of halogens is 2. The van der Waals surface area contributed by atoms with Crippen LogP contribution in [-0.2, 0) is 13.2 Å². The van der Waals surface area contributed by atoms with Crippen molar-refractivity contribution in [2.45, 2.75) is 20.1 Å². The number of para-hydroxylation sites is 2. The van der Waals surface area contributed by atoms with Crippen molar-refractivity contribution < 1.29 is 9.47 Å². The monoisotopic (exact) mass is 560 g/mol. The van der Waals surface area contributed by atoms with E-state index >= 15 is 0 Å².